The molecule has 0 radical (unpaired) electrons. The van der Waals surface area contributed by atoms with Gasteiger partial charge in [0.2, 0.25) is 0 Å². The highest BCUT2D eigenvalue weighted by molar-refractivity contribution is 5.80. The molecule has 1 nitrogen and oxygen atoms in total. The first-order valence-corrected chi connectivity index (χ1v) is 1.57. The molecule has 0 atom stereocenters. The summed E-state index contributed by atoms with van der Waals surface area (Å²) in [6.45, 7) is 3.05. The monoisotopic (exact) mass is 98.0 g/mol. The summed E-state index contributed by atoms with van der Waals surface area (Å²) < 4.78 is 11.1. The Hall–Kier alpha value is -1.10. The van der Waals surface area contributed by atoms with Gasteiger partial charge in [-0.3, -0.25) is 4.79 Å². The van der Waals surface area contributed by atoms with Crippen molar-refractivity contribution in [1.82, 2.24) is 0 Å². The normalized spacial score (nSPS) is 5.86. The third-order valence-corrected chi connectivity index (χ3v) is 0.288. The lowest BCUT2D eigenvalue weighted by Gasteiger charge is -1.58. The number of carbonyl (C=O) groups is 1. The Morgan fingerprint density at radius 2 is 2.43 bits per heavy atom. The van der Waals surface area contributed by atoms with Crippen LogP contribution in [0.3, 0.4) is 0 Å². The van der Waals surface area contributed by atoms with Crippen LogP contribution < -0.4 is 0 Å². The van der Waals surface area contributed by atoms with E-state index in [1.165, 1.54) is 0 Å². The maximum Gasteiger partial charge on any atom is 0.333 e. The topological polar surface area (TPSA) is 17.1 Å². The van der Waals surface area contributed by atoms with Gasteiger partial charge in [-0.15, -0.1) is 0 Å². The van der Waals surface area contributed by atoms with Crippen molar-refractivity contribution in [3.05, 3.63) is 24.1 Å². The van der Waals surface area contributed by atoms with Crippen LogP contribution in [-0.4, -0.2) is 6.04 Å². The van der Waals surface area contributed by atoms with Crippen LogP contribution in [0.2, 0.25) is 0 Å². The van der Waals surface area contributed by atoms with E-state index in [-0.39, 0.29) is 0 Å². The fourth-order valence-corrected chi connectivity index (χ4v) is 0.108. The number of hydrogen-bond donors (Lipinski definition) is 0. The molecule has 0 amide bonds. The summed E-state index contributed by atoms with van der Waals surface area (Å²) in [6, 6.07) is -1.53. The molecule has 0 spiro atoms. The maximum atomic E-state index is 11.1. The molecular weight excluding hydrogens is 95.1 g/mol. The van der Waals surface area contributed by atoms with Crippen molar-refractivity contribution in [2.24, 2.45) is 0 Å². The molecule has 0 aliphatic heterocycles. The van der Waals surface area contributed by atoms with Crippen LogP contribution in [0.15, 0.2) is 24.1 Å². The largest absolute Gasteiger partial charge is 0.333 e. The lowest BCUT2D eigenvalue weighted by atomic mass is 10.6. The second-order valence-electron chi connectivity index (χ2n) is 0.770. The second-order valence-corrected chi connectivity index (χ2v) is 0.770. The molecule has 0 heterocycles. The Kier molecular flexibility index (Phi) is 2.62. The van der Waals surface area contributed by atoms with Crippen molar-refractivity contribution in [2.45, 2.75) is 0 Å². The number of hydrogen-bond acceptors (Lipinski definition) is 1. The van der Waals surface area contributed by atoms with Crippen molar-refractivity contribution in [3.63, 3.8) is 0 Å². The zero-order chi connectivity index (χ0) is 5.70. The van der Waals surface area contributed by atoms with E-state index in [1.807, 2.05) is 5.73 Å². The van der Waals surface area contributed by atoms with E-state index in [9.17, 15) is 9.18 Å². The fourth-order valence-electron chi connectivity index (χ4n) is 0.108. The molecule has 0 saturated carbocycles. The Balaban J connectivity index is 3.96. The Labute approximate surface area is 40.5 Å². The van der Waals surface area contributed by atoms with Gasteiger partial charge in [0.25, 0.3) is 0 Å². The van der Waals surface area contributed by atoms with Gasteiger partial charge in [0.15, 0.2) is 0 Å². The minimum Gasteiger partial charge on any atom is -0.255 e. The van der Waals surface area contributed by atoms with Crippen LogP contribution in [0.1, 0.15) is 0 Å². The highest BCUT2D eigenvalue weighted by atomic mass is 19.1. The van der Waals surface area contributed by atoms with Crippen LogP contribution in [0.4, 0.5) is 4.39 Å². The number of carbonyl (C=O) groups excluding carboxylic acids is 1. The van der Waals surface area contributed by atoms with Crippen LogP contribution in [0.25, 0.3) is 0 Å². The third kappa shape index (κ3) is 4.90. The van der Waals surface area contributed by atoms with Gasteiger partial charge >= 0.3 is 6.04 Å². The lowest BCUT2D eigenvalue weighted by Crippen LogP contribution is -1.71. The van der Waals surface area contributed by atoms with Crippen LogP contribution in [-0.2, 0) is 4.79 Å². The first kappa shape index (κ1) is 5.90. The van der Waals surface area contributed by atoms with Crippen molar-refractivity contribution < 1.29 is 9.18 Å². The van der Waals surface area contributed by atoms with Gasteiger partial charge < -0.3 is 0 Å². The summed E-state index contributed by atoms with van der Waals surface area (Å²) in [5.74, 6) is 0. The van der Waals surface area contributed by atoms with E-state index in [1.54, 1.807) is 0 Å². The molecule has 0 saturated heterocycles. The van der Waals surface area contributed by atoms with Crippen molar-refractivity contribution in [2.75, 3.05) is 0 Å². The zero-order valence-corrected chi connectivity index (χ0v) is 3.57. The van der Waals surface area contributed by atoms with Crippen molar-refractivity contribution in [3.8, 4) is 0 Å². The average molecular weight is 98.1 g/mol. The lowest BCUT2D eigenvalue weighted by molar-refractivity contribution is -0.124. The molecule has 0 aromatic rings. The van der Waals surface area contributed by atoms with Gasteiger partial charge in [0.05, 0.1) is 6.08 Å². The van der Waals surface area contributed by atoms with E-state index in [2.05, 4.69) is 12.3 Å². The van der Waals surface area contributed by atoms with E-state index >= 15 is 0 Å². The smallest absolute Gasteiger partial charge is 0.255 e. The first-order chi connectivity index (χ1) is 3.27. The molecule has 0 aromatic heterocycles. The molecular formula is C5H3FO. The summed E-state index contributed by atoms with van der Waals surface area (Å²) in [5, 5.41) is 0. The quantitative estimate of drug-likeness (QED) is 0.271. The third-order valence-electron chi connectivity index (χ3n) is 0.288. The predicted molar refractivity (Wildman–Crippen MR) is 23.3 cm³/mol. The number of rotatable bonds is 1. The molecule has 0 fully saturated rings. The molecule has 0 bridgehead atoms. The van der Waals surface area contributed by atoms with Crippen molar-refractivity contribution in [1.29, 1.82) is 0 Å². The molecule has 0 aromatic carbocycles. The van der Waals surface area contributed by atoms with Gasteiger partial charge in [-0.1, -0.05) is 11.5 Å². The predicted octanol–water partition coefficient (Wildman–Crippen LogP) is 0.979. The van der Waals surface area contributed by atoms with E-state index in [0.717, 1.165) is 0 Å². The summed E-state index contributed by atoms with van der Waals surface area (Å²) in [5.41, 5.74) is 4.12. The SMILES string of the molecule is C=C=C=CC(=O)F. The first-order valence-electron chi connectivity index (χ1n) is 1.57. The maximum absolute atomic E-state index is 11.1. The molecule has 0 rings (SSSR count). The Bertz CT molecular complexity index is 147. The summed E-state index contributed by atoms with van der Waals surface area (Å²) in [6.07, 6.45) is 0.618. The van der Waals surface area contributed by atoms with E-state index in [4.69, 9.17) is 0 Å². The minimum atomic E-state index is -1.53. The van der Waals surface area contributed by atoms with Gasteiger partial charge in [0.1, 0.15) is 0 Å². The number of halogens is 1. The highest BCUT2D eigenvalue weighted by Crippen LogP contribution is 1.70. The highest BCUT2D eigenvalue weighted by Gasteiger charge is 1.80. The van der Waals surface area contributed by atoms with Crippen LogP contribution >= 0.6 is 0 Å². The van der Waals surface area contributed by atoms with Crippen LogP contribution in [0, 0.1) is 0 Å². The van der Waals surface area contributed by atoms with Crippen molar-refractivity contribution >= 4 is 6.04 Å². The van der Waals surface area contributed by atoms with Crippen LogP contribution in [0.5, 0.6) is 0 Å². The average Bonchev–Trinajstić information content (AvgIpc) is 1.61. The van der Waals surface area contributed by atoms with E-state index in [0.29, 0.717) is 6.08 Å². The minimum absolute atomic E-state index is 0.618. The Morgan fingerprint density at radius 3 is 2.57 bits per heavy atom. The molecule has 2 heteroatoms. The van der Waals surface area contributed by atoms with Gasteiger partial charge in [-0.25, -0.2) is 0 Å². The Morgan fingerprint density at radius 1 is 1.86 bits per heavy atom. The summed E-state index contributed by atoms with van der Waals surface area (Å²) >= 11 is 0. The molecule has 7 heavy (non-hydrogen) atoms. The van der Waals surface area contributed by atoms with Gasteiger partial charge in [-0.05, 0) is 6.58 Å². The molecule has 36 valence electrons. The zero-order valence-electron chi connectivity index (χ0n) is 3.57. The summed E-state index contributed by atoms with van der Waals surface area (Å²) in [7, 11) is 0. The fraction of sp³-hybridized carbons (Fsp3) is 0. The molecule has 0 aliphatic carbocycles. The van der Waals surface area contributed by atoms with Gasteiger partial charge in [0, 0.05) is 0 Å². The molecule has 0 aliphatic rings. The summed E-state index contributed by atoms with van der Waals surface area (Å²) in [4.78, 5) is 9.35. The standard InChI is InChI=1S/C5H3FO/c1-2-3-4-5(6)7/h4H,1H2. The van der Waals surface area contributed by atoms with E-state index < -0.39 is 6.04 Å². The molecule has 0 unspecified atom stereocenters. The van der Waals surface area contributed by atoms with Gasteiger partial charge in [-0.2, -0.15) is 4.39 Å². The molecule has 0 N–H and O–H groups in total. The second kappa shape index (κ2) is 3.10. The number of allylic oxidation sites excluding steroid dienone is 1.